The summed E-state index contributed by atoms with van der Waals surface area (Å²) in [6, 6.07) is 5.41. The molecule has 0 atom stereocenters. The third-order valence-electron chi connectivity index (χ3n) is 2.37. The van der Waals surface area contributed by atoms with Gasteiger partial charge in [0.1, 0.15) is 5.75 Å². The van der Waals surface area contributed by atoms with Gasteiger partial charge in [0.15, 0.2) is 0 Å². The zero-order chi connectivity index (χ0) is 9.97. The normalized spacial score (nSPS) is 15.2. The molecular weight excluding hydrogens is 178 g/mol. The van der Waals surface area contributed by atoms with E-state index in [1.165, 1.54) is 5.56 Å². The molecule has 14 heavy (non-hydrogen) atoms. The molecule has 0 saturated carbocycles. The van der Waals surface area contributed by atoms with Crippen molar-refractivity contribution in [1.29, 1.82) is 0 Å². The van der Waals surface area contributed by atoms with Crippen LogP contribution in [0.15, 0.2) is 18.2 Å². The molecule has 1 aromatic rings. The smallest absolute Gasteiger partial charge is 0.117 e. The topological polar surface area (TPSA) is 61.5 Å². The summed E-state index contributed by atoms with van der Waals surface area (Å²) in [6.07, 6.45) is 0.979. The molecule has 0 amide bonds. The van der Waals surface area contributed by atoms with Crippen LogP contribution in [0.5, 0.6) is 5.75 Å². The maximum Gasteiger partial charge on any atom is 0.117 e. The summed E-state index contributed by atoms with van der Waals surface area (Å²) in [5.74, 6) is 0.303. The van der Waals surface area contributed by atoms with Crippen LogP contribution in [0.1, 0.15) is 12.0 Å². The molecule has 4 N–H and O–H groups in total. The Morgan fingerprint density at radius 2 is 2.36 bits per heavy atom. The molecule has 0 aromatic heterocycles. The van der Waals surface area contributed by atoms with Crippen molar-refractivity contribution in [1.82, 2.24) is 5.01 Å². The quantitative estimate of drug-likeness (QED) is 0.667. The largest absolute Gasteiger partial charge is 0.508 e. The number of rotatable bonds is 3. The number of anilines is 1. The Hall–Kier alpha value is -1.26. The van der Waals surface area contributed by atoms with Gasteiger partial charge in [0, 0.05) is 19.2 Å². The number of nitrogens with zero attached hydrogens (tertiary/aromatic N) is 1. The number of hydrogen-bond donors (Lipinski definition) is 3. The number of phenols is 1. The molecular formula is C10H15N3O. The molecule has 1 aliphatic heterocycles. The van der Waals surface area contributed by atoms with E-state index >= 15 is 0 Å². The van der Waals surface area contributed by atoms with Gasteiger partial charge in [-0.25, -0.2) is 5.01 Å². The first-order valence-electron chi connectivity index (χ1n) is 4.83. The van der Waals surface area contributed by atoms with Gasteiger partial charge in [-0.15, -0.1) is 0 Å². The van der Waals surface area contributed by atoms with Crippen molar-refractivity contribution in [3.8, 4) is 5.75 Å². The maximum absolute atomic E-state index is 9.28. The Morgan fingerprint density at radius 3 is 3.14 bits per heavy atom. The highest BCUT2D eigenvalue weighted by molar-refractivity contribution is 5.56. The number of aromatic hydroxyl groups is 1. The average Bonchev–Trinajstić information content (AvgIpc) is 2.56. The summed E-state index contributed by atoms with van der Waals surface area (Å²) < 4.78 is 0. The van der Waals surface area contributed by atoms with Crippen LogP contribution in [-0.4, -0.2) is 23.2 Å². The fourth-order valence-corrected chi connectivity index (χ4v) is 1.64. The van der Waals surface area contributed by atoms with Crippen LogP contribution in [0.2, 0.25) is 0 Å². The molecule has 0 unspecified atom stereocenters. The number of hydrogen-bond acceptors (Lipinski definition) is 4. The van der Waals surface area contributed by atoms with Gasteiger partial charge in [-0.1, -0.05) is 6.07 Å². The number of nitrogens with two attached hydrogens (primary N) is 1. The van der Waals surface area contributed by atoms with Crippen LogP contribution in [0.4, 0.5) is 5.69 Å². The molecule has 0 fully saturated rings. The first-order chi connectivity index (χ1) is 6.79. The van der Waals surface area contributed by atoms with Gasteiger partial charge in [-0.2, -0.15) is 0 Å². The molecule has 0 saturated heterocycles. The maximum atomic E-state index is 9.28. The molecule has 1 heterocycles. The lowest BCUT2D eigenvalue weighted by molar-refractivity contribution is 0.339. The predicted octanol–water partition coefficient (Wildman–Crippen LogP) is 0.883. The summed E-state index contributed by atoms with van der Waals surface area (Å²) >= 11 is 0. The minimum atomic E-state index is 0.303. The van der Waals surface area contributed by atoms with E-state index in [2.05, 4.69) is 10.4 Å². The third-order valence-corrected chi connectivity index (χ3v) is 2.37. The average molecular weight is 193 g/mol. The molecule has 1 aliphatic rings. The molecule has 4 nitrogen and oxygen atoms in total. The van der Waals surface area contributed by atoms with E-state index in [0.717, 1.165) is 25.2 Å². The Morgan fingerprint density at radius 1 is 1.50 bits per heavy atom. The SMILES string of the molecule is NCCCN1Cc2ccc(O)cc2N1. The monoisotopic (exact) mass is 193 g/mol. The fourth-order valence-electron chi connectivity index (χ4n) is 1.64. The number of phenolic OH excluding ortho intramolecular Hbond substituents is 1. The Kier molecular flexibility index (Phi) is 2.56. The Balaban J connectivity index is 2.03. The highest BCUT2D eigenvalue weighted by Crippen LogP contribution is 2.28. The van der Waals surface area contributed by atoms with Gasteiger partial charge in [0.05, 0.1) is 5.69 Å². The van der Waals surface area contributed by atoms with Crippen LogP contribution in [0.25, 0.3) is 0 Å². The van der Waals surface area contributed by atoms with E-state index in [-0.39, 0.29) is 0 Å². The summed E-state index contributed by atoms with van der Waals surface area (Å²) in [6.45, 7) is 2.53. The predicted molar refractivity (Wildman–Crippen MR) is 55.8 cm³/mol. The third kappa shape index (κ3) is 1.81. The lowest BCUT2D eigenvalue weighted by Crippen LogP contribution is -2.26. The molecule has 0 spiro atoms. The lowest BCUT2D eigenvalue weighted by atomic mass is 10.2. The molecule has 76 valence electrons. The molecule has 0 radical (unpaired) electrons. The number of benzene rings is 1. The van der Waals surface area contributed by atoms with Crippen LogP contribution < -0.4 is 11.2 Å². The van der Waals surface area contributed by atoms with Crippen LogP contribution in [-0.2, 0) is 6.54 Å². The highest BCUT2D eigenvalue weighted by atomic mass is 16.3. The number of hydrazine groups is 1. The Bertz CT molecular complexity index is 327. The second kappa shape index (κ2) is 3.86. The van der Waals surface area contributed by atoms with Crippen molar-refractivity contribution in [3.05, 3.63) is 23.8 Å². The highest BCUT2D eigenvalue weighted by Gasteiger charge is 2.17. The zero-order valence-electron chi connectivity index (χ0n) is 8.03. The minimum absolute atomic E-state index is 0.303. The van der Waals surface area contributed by atoms with E-state index in [9.17, 15) is 5.11 Å². The van der Waals surface area contributed by atoms with Crippen molar-refractivity contribution < 1.29 is 5.11 Å². The molecule has 0 bridgehead atoms. The van der Waals surface area contributed by atoms with E-state index in [1.807, 2.05) is 6.07 Å². The van der Waals surface area contributed by atoms with Crippen molar-refractivity contribution in [3.63, 3.8) is 0 Å². The number of fused-ring (bicyclic) bond motifs is 1. The van der Waals surface area contributed by atoms with E-state index in [0.29, 0.717) is 12.3 Å². The van der Waals surface area contributed by atoms with Gasteiger partial charge in [-0.3, -0.25) is 0 Å². The van der Waals surface area contributed by atoms with Gasteiger partial charge in [0.25, 0.3) is 0 Å². The van der Waals surface area contributed by atoms with Gasteiger partial charge < -0.3 is 16.3 Å². The first kappa shape index (κ1) is 9.30. The standard InChI is InChI=1S/C10H15N3O/c11-4-1-5-13-7-8-2-3-9(14)6-10(8)12-13/h2-3,6,12,14H,1,4-5,7,11H2. The van der Waals surface area contributed by atoms with Crippen LogP contribution in [0, 0.1) is 0 Å². The Labute approximate surface area is 83.3 Å². The zero-order valence-corrected chi connectivity index (χ0v) is 8.03. The van der Waals surface area contributed by atoms with Gasteiger partial charge in [0.2, 0.25) is 0 Å². The summed E-state index contributed by atoms with van der Waals surface area (Å²) in [5, 5.41) is 11.4. The first-order valence-corrected chi connectivity index (χ1v) is 4.83. The van der Waals surface area contributed by atoms with Crippen LogP contribution >= 0.6 is 0 Å². The van der Waals surface area contributed by atoms with E-state index in [1.54, 1.807) is 12.1 Å². The second-order valence-electron chi connectivity index (χ2n) is 3.52. The summed E-state index contributed by atoms with van der Waals surface area (Å²) in [5.41, 5.74) is 10.9. The molecule has 0 aliphatic carbocycles. The van der Waals surface area contributed by atoms with Gasteiger partial charge >= 0.3 is 0 Å². The van der Waals surface area contributed by atoms with Crippen molar-refractivity contribution in [2.24, 2.45) is 5.73 Å². The van der Waals surface area contributed by atoms with E-state index < -0.39 is 0 Å². The fraction of sp³-hybridized carbons (Fsp3) is 0.400. The summed E-state index contributed by atoms with van der Waals surface area (Å²) in [7, 11) is 0. The molecule has 1 aromatic carbocycles. The second-order valence-corrected chi connectivity index (χ2v) is 3.52. The van der Waals surface area contributed by atoms with Crippen molar-refractivity contribution in [2.45, 2.75) is 13.0 Å². The molecule has 4 heteroatoms. The van der Waals surface area contributed by atoms with Crippen molar-refractivity contribution >= 4 is 5.69 Å². The summed E-state index contributed by atoms with van der Waals surface area (Å²) in [4.78, 5) is 0. The lowest BCUT2D eigenvalue weighted by Gasteiger charge is -2.14. The van der Waals surface area contributed by atoms with Gasteiger partial charge in [-0.05, 0) is 24.6 Å². The van der Waals surface area contributed by atoms with Crippen molar-refractivity contribution in [2.75, 3.05) is 18.5 Å². The minimum Gasteiger partial charge on any atom is -0.508 e. The van der Waals surface area contributed by atoms with Crippen LogP contribution in [0.3, 0.4) is 0 Å². The van der Waals surface area contributed by atoms with E-state index in [4.69, 9.17) is 5.73 Å². The number of nitrogens with one attached hydrogen (secondary N) is 1. The molecule has 2 rings (SSSR count).